The van der Waals surface area contributed by atoms with E-state index in [0.717, 1.165) is 6.07 Å². The van der Waals surface area contributed by atoms with E-state index in [1.165, 1.54) is 18.4 Å². The number of rotatable bonds is 2. The van der Waals surface area contributed by atoms with E-state index >= 15 is 0 Å². The molecule has 1 fully saturated rings. The maximum absolute atomic E-state index is 13.4. The van der Waals surface area contributed by atoms with Crippen LogP contribution in [0.4, 0.5) is 8.78 Å². The molecule has 0 radical (unpaired) electrons. The number of nitrogens with zero attached hydrogens (tertiary/aromatic N) is 1. The fourth-order valence-electron chi connectivity index (χ4n) is 1.67. The quantitative estimate of drug-likeness (QED) is 0.735. The highest BCUT2D eigenvalue weighted by molar-refractivity contribution is 5.27. The van der Waals surface area contributed by atoms with E-state index in [9.17, 15) is 8.78 Å². The van der Waals surface area contributed by atoms with Gasteiger partial charge in [-0.1, -0.05) is 11.2 Å². The highest BCUT2D eigenvalue weighted by Crippen LogP contribution is 2.50. The first kappa shape index (κ1) is 9.47. The minimum Gasteiger partial charge on any atom is -0.364 e. The van der Waals surface area contributed by atoms with Gasteiger partial charge < -0.3 is 9.26 Å². The monoisotopic (exact) mass is 223 g/mol. The second-order valence-corrected chi connectivity index (χ2v) is 3.57. The average molecular weight is 223 g/mol. The molecule has 1 aliphatic rings. The average Bonchev–Trinajstić information content (AvgIpc) is 2.85. The Hall–Kier alpha value is -1.75. The van der Waals surface area contributed by atoms with Crippen LogP contribution in [0.2, 0.25) is 0 Å². The van der Waals surface area contributed by atoms with Gasteiger partial charge in [-0.25, -0.2) is 8.78 Å². The molecule has 0 spiro atoms. The van der Waals surface area contributed by atoms with E-state index in [4.69, 9.17) is 4.74 Å². The molecule has 16 heavy (non-hydrogen) atoms. The zero-order chi connectivity index (χ0) is 11.1. The predicted molar refractivity (Wildman–Crippen MR) is 49.4 cm³/mol. The predicted octanol–water partition coefficient (Wildman–Crippen LogP) is 2.77. The van der Waals surface area contributed by atoms with Crippen LogP contribution in [0.15, 0.2) is 35.1 Å². The van der Waals surface area contributed by atoms with Crippen LogP contribution in [0.5, 0.6) is 0 Å². The normalized spacial score (nSPS) is 23.4. The fraction of sp³-hybridized carbons (Fsp3) is 0.182. The van der Waals surface area contributed by atoms with Gasteiger partial charge in [0, 0.05) is 17.7 Å². The molecular weight excluding hydrogens is 216 g/mol. The number of hydrogen-bond acceptors (Lipinski definition) is 3. The molecule has 1 aliphatic heterocycles. The van der Waals surface area contributed by atoms with Crippen LogP contribution < -0.4 is 0 Å². The van der Waals surface area contributed by atoms with Gasteiger partial charge in [-0.3, -0.25) is 0 Å². The summed E-state index contributed by atoms with van der Waals surface area (Å²) in [4.78, 5) is 0. The zero-order valence-electron chi connectivity index (χ0n) is 8.06. The number of benzene rings is 1. The lowest BCUT2D eigenvalue weighted by atomic mass is 10.1. The SMILES string of the molecule is Fc1ccc(C2OC2c2ccon2)c(F)c1. The van der Waals surface area contributed by atoms with Gasteiger partial charge in [0.25, 0.3) is 0 Å². The second-order valence-electron chi connectivity index (χ2n) is 3.57. The van der Waals surface area contributed by atoms with Crippen molar-refractivity contribution in [1.29, 1.82) is 0 Å². The van der Waals surface area contributed by atoms with E-state index in [0.29, 0.717) is 11.3 Å². The smallest absolute Gasteiger partial charge is 0.134 e. The van der Waals surface area contributed by atoms with Crippen LogP contribution in [0.25, 0.3) is 0 Å². The van der Waals surface area contributed by atoms with Gasteiger partial charge in [-0.05, 0) is 6.07 Å². The van der Waals surface area contributed by atoms with E-state index in [-0.39, 0.29) is 6.10 Å². The summed E-state index contributed by atoms with van der Waals surface area (Å²) in [5.74, 6) is -1.20. The molecule has 1 aromatic carbocycles. The highest BCUT2D eigenvalue weighted by atomic mass is 19.1. The highest BCUT2D eigenvalue weighted by Gasteiger charge is 2.44. The Bertz CT molecular complexity index is 513. The summed E-state index contributed by atoms with van der Waals surface area (Å²) in [5, 5.41) is 3.70. The maximum atomic E-state index is 13.4. The molecule has 2 unspecified atom stereocenters. The van der Waals surface area contributed by atoms with E-state index < -0.39 is 17.7 Å². The molecule has 82 valence electrons. The molecule has 0 aliphatic carbocycles. The van der Waals surface area contributed by atoms with Crippen LogP contribution in [0.1, 0.15) is 23.5 Å². The zero-order valence-corrected chi connectivity index (χ0v) is 8.06. The van der Waals surface area contributed by atoms with Crippen molar-refractivity contribution in [2.75, 3.05) is 0 Å². The molecule has 0 amide bonds. The van der Waals surface area contributed by atoms with Crippen molar-refractivity contribution in [3.8, 4) is 0 Å². The van der Waals surface area contributed by atoms with Crippen LogP contribution in [0.3, 0.4) is 0 Å². The number of hydrogen-bond donors (Lipinski definition) is 0. The summed E-state index contributed by atoms with van der Waals surface area (Å²) >= 11 is 0. The minimum absolute atomic E-state index is 0.293. The fourth-order valence-corrected chi connectivity index (χ4v) is 1.67. The molecule has 2 atom stereocenters. The minimum atomic E-state index is -0.601. The third-order valence-corrected chi connectivity index (χ3v) is 2.51. The first-order valence-electron chi connectivity index (χ1n) is 4.76. The Morgan fingerprint density at radius 2 is 2.00 bits per heavy atom. The Labute approximate surface area is 89.6 Å². The molecule has 2 heterocycles. The van der Waals surface area contributed by atoms with Gasteiger partial charge in [0.15, 0.2) is 0 Å². The Morgan fingerprint density at radius 3 is 2.69 bits per heavy atom. The lowest BCUT2D eigenvalue weighted by molar-refractivity contribution is 0.356. The Kier molecular flexibility index (Phi) is 2.00. The molecule has 1 saturated heterocycles. The number of aromatic nitrogens is 1. The molecule has 1 aromatic heterocycles. The lowest BCUT2D eigenvalue weighted by Crippen LogP contribution is -1.90. The van der Waals surface area contributed by atoms with E-state index in [2.05, 4.69) is 9.68 Å². The lowest BCUT2D eigenvalue weighted by Gasteiger charge is -1.97. The molecular formula is C11H7F2NO2. The van der Waals surface area contributed by atoms with E-state index in [1.54, 1.807) is 6.07 Å². The first-order chi connectivity index (χ1) is 7.75. The molecule has 3 nitrogen and oxygen atoms in total. The van der Waals surface area contributed by atoms with Crippen LogP contribution >= 0.6 is 0 Å². The van der Waals surface area contributed by atoms with Crippen molar-refractivity contribution < 1.29 is 18.0 Å². The summed E-state index contributed by atoms with van der Waals surface area (Å²) in [6.45, 7) is 0. The molecule has 3 rings (SSSR count). The van der Waals surface area contributed by atoms with Crippen molar-refractivity contribution in [3.05, 3.63) is 53.4 Å². The molecule has 5 heteroatoms. The van der Waals surface area contributed by atoms with Crippen molar-refractivity contribution in [1.82, 2.24) is 5.16 Å². The van der Waals surface area contributed by atoms with Gasteiger partial charge in [0.2, 0.25) is 0 Å². The summed E-state index contributed by atoms with van der Waals surface area (Å²) in [5.41, 5.74) is 0.961. The van der Waals surface area contributed by atoms with Crippen LogP contribution in [-0.4, -0.2) is 5.16 Å². The summed E-state index contributed by atoms with van der Waals surface area (Å²) < 4.78 is 36.0. The van der Waals surface area contributed by atoms with E-state index in [1.807, 2.05) is 0 Å². The van der Waals surface area contributed by atoms with Gasteiger partial charge in [-0.2, -0.15) is 0 Å². The Balaban J connectivity index is 1.86. The maximum Gasteiger partial charge on any atom is 0.134 e. The standard InChI is InChI=1S/C11H7F2NO2/c12-6-1-2-7(8(13)5-6)10-11(16-10)9-3-4-15-14-9/h1-5,10-11H. The van der Waals surface area contributed by atoms with Crippen molar-refractivity contribution in [3.63, 3.8) is 0 Å². The molecule has 2 aromatic rings. The van der Waals surface area contributed by atoms with Crippen LogP contribution in [-0.2, 0) is 4.74 Å². The van der Waals surface area contributed by atoms with Gasteiger partial charge >= 0.3 is 0 Å². The van der Waals surface area contributed by atoms with Crippen molar-refractivity contribution in [2.24, 2.45) is 0 Å². The number of epoxide rings is 1. The number of ether oxygens (including phenoxy) is 1. The van der Waals surface area contributed by atoms with Crippen LogP contribution in [0, 0.1) is 11.6 Å². The Morgan fingerprint density at radius 1 is 1.12 bits per heavy atom. The summed E-state index contributed by atoms with van der Waals surface area (Å²) in [7, 11) is 0. The largest absolute Gasteiger partial charge is 0.364 e. The topological polar surface area (TPSA) is 38.6 Å². The molecule has 0 N–H and O–H groups in total. The summed E-state index contributed by atoms with van der Waals surface area (Å²) in [6.07, 6.45) is 0.735. The molecule has 0 saturated carbocycles. The van der Waals surface area contributed by atoms with Crippen molar-refractivity contribution in [2.45, 2.75) is 12.2 Å². The van der Waals surface area contributed by atoms with Gasteiger partial charge in [0.1, 0.15) is 35.8 Å². The summed E-state index contributed by atoms with van der Waals surface area (Å²) in [6, 6.07) is 5.10. The van der Waals surface area contributed by atoms with Gasteiger partial charge in [0.05, 0.1) is 0 Å². The third kappa shape index (κ3) is 1.49. The first-order valence-corrected chi connectivity index (χ1v) is 4.76. The molecule has 0 bridgehead atoms. The number of halogens is 2. The van der Waals surface area contributed by atoms with Crippen molar-refractivity contribution >= 4 is 0 Å². The van der Waals surface area contributed by atoms with Gasteiger partial charge in [-0.15, -0.1) is 0 Å². The third-order valence-electron chi connectivity index (χ3n) is 2.51. The second kappa shape index (κ2) is 3.38.